The van der Waals surface area contributed by atoms with Crippen molar-refractivity contribution in [2.75, 3.05) is 13.7 Å². The van der Waals surface area contributed by atoms with Crippen molar-refractivity contribution in [3.8, 4) is 5.75 Å². The number of hydrogen-bond donors (Lipinski definition) is 3. The van der Waals surface area contributed by atoms with E-state index in [-0.39, 0.29) is 12.4 Å². The Hall–Kier alpha value is -1.20. The van der Waals surface area contributed by atoms with Crippen molar-refractivity contribution in [2.45, 2.75) is 24.3 Å². The summed E-state index contributed by atoms with van der Waals surface area (Å²) in [6.07, 6.45) is 0.799. The van der Waals surface area contributed by atoms with Crippen LogP contribution in [0.3, 0.4) is 0 Å². The van der Waals surface area contributed by atoms with Crippen LogP contribution in [0.2, 0.25) is 0 Å². The molecule has 1 rings (SSSR count). The van der Waals surface area contributed by atoms with Gasteiger partial charge < -0.3 is 15.6 Å². The van der Waals surface area contributed by atoms with E-state index in [9.17, 15) is 0 Å². The highest BCUT2D eigenvalue weighted by atomic mass is 32.2. The van der Waals surface area contributed by atoms with Gasteiger partial charge in [-0.2, -0.15) is 11.8 Å². The molecule has 1 aromatic carbocycles. The molecule has 0 radical (unpaired) electrons. The quantitative estimate of drug-likeness (QED) is 0.522. The first kappa shape index (κ1) is 14.9. The molecule has 0 fully saturated rings. The predicted octanol–water partition coefficient (Wildman–Crippen LogP) is 1.98. The van der Waals surface area contributed by atoms with E-state index < -0.39 is 0 Å². The lowest BCUT2D eigenvalue weighted by Crippen LogP contribution is -2.12. The first-order valence-corrected chi connectivity index (χ1v) is 6.87. The summed E-state index contributed by atoms with van der Waals surface area (Å²) in [7, 11) is 1.58. The van der Waals surface area contributed by atoms with Crippen LogP contribution in [-0.2, 0) is 5.75 Å². The highest BCUT2D eigenvalue weighted by Crippen LogP contribution is 2.25. The first-order chi connectivity index (χ1) is 8.58. The molecular formula is C13H20N2O2S. The molecule has 0 heterocycles. The van der Waals surface area contributed by atoms with Gasteiger partial charge in [0.15, 0.2) is 0 Å². The maximum absolute atomic E-state index is 8.84. The fourth-order valence-corrected chi connectivity index (χ4v) is 2.48. The van der Waals surface area contributed by atoms with Gasteiger partial charge in [-0.15, -0.1) is 0 Å². The molecule has 100 valence electrons. The Morgan fingerprint density at radius 3 is 2.83 bits per heavy atom. The summed E-state index contributed by atoms with van der Waals surface area (Å²) in [6.45, 7) is 2.32. The standard InChI is InChI=1S/C13H20N2O2S/c1-9(5-6-16)18-8-10-3-4-11(13(14)15)12(7-10)17-2/h3-4,7,9,16H,5-6,8H2,1-2H3,(H3,14,15). The topological polar surface area (TPSA) is 79.3 Å². The molecule has 1 atom stereocenters. The summed E-state index contributed by atoms with van der Waals surface area (Å²) in [4.78, 5) is 0. The Labute approximate surface area is 112 Å². The number of aliphatic hydroxyl groups excluding tert-OH is 1. The summed E-state index contributed by atoms with van der Waals surface area (Å²) >= 11 is 1.79. The molecule has 4 N–H and O–H groups in total. The number of nitrogen functional groups attached to an aromatic ring is 1. The van der Waals surface area contributed by atoms with Crippen LogP contribution >= 0.6 is 11.8 Å². The number of nitrogens with one attached hydrogen (secondary N) is 1. The second-order valence-electron chi connectivity index (χ2n) is 4.08. The van der Waals surface area contributed by atoms with Crippen LogP contribution in [0.5, 0.6) is 5.75 Å². The van der Waals surface area contributed by atoms with Crippen LogP contribution in [0.15, 0.2) is 18.2 Å². The van der Waals surface area contributed by atoms with Crippen LogP contribution in [0.4, 0.5) is 0 Å². The minimum Gasteiger partial charge on any atom is -0.496 e. The minimum atomic E-state index is 0.0136. The number of hydrogen-bond acceptors (Lipinski definition) is 4. The van der Waals surface area contributed by atoms with Crippen molar-refractivity contribution in [2.24, 2.45) is 5.73 Å². The van der Waals surface area contributed by atoms with Gasteiger partial charge in [0, 0.05) is 17.6 Å². The molecule has 0 aliphatic carbocycles. The molecule has 0 aliphatic heterocycles. The Balaban J connectivity index is 2.71. The van der Waals surface area contributed by atoms with E-state index in [4.69, 9.17) is 21.0 Å². The summed E-state index contributed by atoms with van der Waals surface area (Å²) in [6, 6.07) is 5.68. The van der Waals surface area contributed by atoms with Crippen molar-refractivity contribution in [3.05, 3.63) is 29.3 Å². The highest BCUT2D eigenvalue weighted by Gasteiger charge is 2.08. The monoisotopic (exact) mass is 268 g/mol. The Morgan fingerprint density at radius 2 is 2.28 bits per heavy atom. The van der Waals surface area contributed by atoms with Gasteiger partial charge in [0.1, 0.15) is 11.6 Å². The molecular weight excluding hydrogens is 248 g/mol. The molecule has 0 saturated carbocycles. The molecule has 0 spiro atoms. The van der Waals surface area contributed by atoms with E-state index >= 15 is 0 Å². The van der Waals surface area contributed by atoms with E-state index in [0.717, 1.165) is 17.7 Å². The van der Waals surface area contributed by atoms with Crippen LogP contribution in [0.1, 0.15) is 24.5 Å². The number of benzene rings is 1. The molecule has 1 unspecified atom stereocenters. The molecule has 4 nitrogen and oxygen atoms in total. The molecule has 0 bridgehead atoms. The van der Waals surface area contributed by atoms with Crippen LogP contribution in [-0.4, -0.2) is 29.9 Å². The molecule has 18 heavy (non-hydrogen) atoms. The smallest absolute Gasteiger partial charge is 0.130 e. The number of methoxy groups -OCH3 is 1. The molecule has 0 aromatic heterocycles. The first-order valence-electron chi connectivity index (χ1n) is 5.82. The van der Waals surface area contributed by atoms with E-state index in [0.29, 0.717) is 16.6 Å². The van der Waals surface area contributed by atoms with Gasteiger partial charge in [-0.05, 0) is 24.1 Å². The molecule has 1 aromatic rings. The Kier molecular flexibility index (Phi) is 6.01. The average Bonchev–Trinajstić information content (AvgIpc) is 2.36. The lowest BCUT2D eigenvalue weighted by Gasteiger charge is -2.12. The number of amidine groups is 1. The second kappa shape index (κ2) is 7.28. The molecule has 0 amide bonds. The third-order valence-corrected chi connectivity index (χ3v) is 3.93. The summed E-state index contributed by atoms with van der Waals surface area (Å²) in [5.41, 5.74) is 7.22. The van der Waals surface area contributed by atoms with Crippen molar-refractivity contribution in [1.82, 2.24) is 0 Å². The van der Waals surface area contributed by atoms with Gasteiger partial charge in [-0.3, -0.25) is 5.41 Å². The van der Waals surface area contributed by atoms with Crippen molar-refractivity contribution in [3.63, 3.8) is 0 Å². The zero-order valence-corrected chi connectivity index (χ0v) is 11.6. The van der Waals surface area contributed by atoms with Gasteiger partial charge in [-0.25, -0.2) is 0 Å². The molecule has 0 aliphatic rings. The third kappa shape index (κ3) is 4.23. The minimum absolute atomic E-state index is 0.0136. The van der Waals surface area contributed by atoms with E-state index in [1.165, 1.54) is 0 Å². The second-order valence-corrected chi connectivity index (χ2v) is 5.51. The average molecular weight is 268 g/mol. The Bertz CT molecular complexity index is 410. The molecule has 0 saturated heterocycles. The highest BCUT2D eigenvalue weighted by molar-refractivity contribution is 7.99. The van der Waals surface area contributed by atoms with Crippen LogP contribution in [0, 0.1) is 5.41 Å². The summed E-state index contributed by atoms with van der Waals surface area (Å²) < 4.78 is 5.23. The van der Waals surface area contributed by atoms with Gasteiger partial charge in [-0.1, -0.05) is 13.0 Å². The fourth-order valence-electron chi connectivity index (χ4n) is 1.55. The number of thioether (sulfide) groups is 1. The van der Waals surface area contributed by atoms with Gasteiger partial charge in [0.2, 0.25) is 0 Å². The maximum Gasteiger partial charge on any atom is 0.130 e. The van der Waals surface area contributed by atoms with Crippen molar-refractivity contribution in [1.29, 1.82) is 5.41 Å². The van der Waals surface area contributed by atoms with Crippen molar-refractivity contribution >= 4 is 17.6 Å². The lowest BCUT2D eigenvalue weighted by molar-refractivity contribution is 0.289. The molecule has 5 heteroatoms. The normalized spacial score (nSPS) is 12.2. The van der Waals surface area contributed by atoms with E-state index in [1.807, 2.05) is 18.2 Å². The van der Waals surface area contributed by atoms with Gasteiger partial charge >= 0.3 is 0 Å². The Morgan fingerprint density at radius 1 is 1.56 bits per heavy atom. The van der Waals surface area contributed by atoms with E-state index in [1.54, 1.807) is 18.9 Å². The van der Waals surface area contributed by atoms with Crippen molar-refractivity contribution < 1.29 is 9.84 Å². The third-order valence-electron chi connectivity index (χ3n) is 2.63. The summed E-state index contributed by atoms with van der Waals surface area (Å²) in [5.74, 6) is 1.51. The fraction of sp³-hybridized carbons (Fsp3) is 0.462. The van der Waals surface area contributed by atoms with Gasteiger partial charge in [0.05, 0.1) is 12.7 Å². The largest absolute Gasteiger partial charge is 0.496 e. The van der Waals surface area contributed by atoms with Gasteiger partial charge in [0.25, 0.3) is 0 Å². The zero-order valence-electron chi connectivity index (χ0n) is 10.8. The lowest BCUT2D eigenvalue weighted by atomic mass is 10.1. The number of nitrogens with two attached hydrogens (primary N) is 1. The number of aliphatic hydroxyl groups is 1. The maximum atomic E-state index is 8.84. The van der Waals surface area contributed by atoms with Crippen LogP contribution < -0.4 is 10.5 Å². The number of ether oxygens (including phenoxy) is 1. The SMILES string of the molecule is COc1cc(CSC(C)CCO)ccc1C(=N)N. The van der Waals surface area contributed by atoms with Crippen LogP contribution in [0.25, 0.3) is 0 Å². The zero-order chi connectivity index (χ0) is 13.5. The predicted molar refractivity (Wildman–Crippen MR) is 76.5 cm³/mol. The summed E-state index contributed by atoms with van der Waals surface area (Å²) in [5, 5.41) is 16.7. The number of rotatable bonds is 7. The van der Waals surface area contributed by atoms with E-state index in [2.05, 4.69) is 6.92 Å².